The maximum Gasteiger partial charge on any atom is 0.218 e. The molecular formula is C12H27N5. The Kier molecular flexibility index (Phi) is 9.19. The van der Waals surface area contributed by atoms with Crippen molar-refractivity contribution in [1.29, 1.82) is 0 Å². The third-order valence-corrected chi connectivity index (χ3v) is 2.57. The third kappa shape index (κ3) is 9.66. The second-order valence-electron chi connectivity index (χ2n) is 4.32. The van der Waals surface area contributed by atoms with Crippen LogP contribution in [0.5, 0.6) is 0 Å². The van der Waals surface area contributed by atoms with E-state index in [2.05, 4.69) is 23.8 Å². The van der Waals surface area contributed by atoms with Gasteiger partial charge in [-0.3, -0.25) is 0 Å². The zero-order valence-corrected chi connectivity index (χ0v) is 11.2. The molecule has 0 aromatic carbocycles. The maximum atomic E-state index is 5.64. The minimum Gasteiger partial charge on any atom is -0.370 e. The zero-order valence-electron chi connectivity index (χ0n) is 11.2. The van der Waals surface area contributed by atoms with Gasteiger partial charge in [0.25, 0.3) is 0 Å². The first-order valence-corrected chi connectivity index (χ1v) is 6.53. The van der Waals surface area contributed by atoms with Gasteiger partial charge >= 0.3 is 0 Å². The van der Waals surface area contributed by atoms with E-state index in [1.54, 1.807) is 0 Å². The minimum absolute atomic E-state index is 0.0347. The smallest absolute Gasteiger partial charge is 0.218 e. The molecule has 0 aliphatic heterocycles. The van der Waals surface area contributed by atoms with Gasteiger partial charge in [-0.05, 0) is 12.8 Å². The number of aliphatic imine (C=N–C) groups is 2. The van der Waals surface area contributed by atoms with E-state index in [4.69, 9.17) is 17.2 Å². The second kappa shape index (κ2) is 9.93. The summed E-state index contributed by atoms with van der Waals surface area (Å²) in [6.07, 6.45) is 8.17. The normalized spacial score (nSPS) is 13.4. The summed E-state index contributed by atoms with van der Waals surface area (Å²) in [5, 5.41) is 0. The summed E-state index contributed by atoms with van der Waals surface area (Å²) >= 11 is 0. The van der Waals surface area contributed by atoms with Crippen LogP contribution in [0.15, 0.2) is 9.98 Å². The van der Waals surface area contributed by atoms with Gasteiger partial charge in [0.15, 0.2) is 5.96 Å². The molecule has 1 atom stereocenters. The molecule has 5 heteroatoms. The Labute approximate surface area is 105 Å². The largest absolute Gasteiger partial charge is 0.370 e. The van der Waals surface area contributed by atoms with Crippen LogP contribution in [0.1, 0.15) is 58.8 Å². The van der Waals surface area contributed by atoms with Crippen molar-refractivity contribution in [3.63, 3.8) is 0 Å². The van der Waals surface area contributed by atoms with Crippen LogP contribution in [0, 0.1) is 0 Å². The molecule has 0 heterocycles. The highest BCUT2D eigenvalue weighted by Crippen LogP contribution is 2.12. The van der Waals surface area contributed by atoms with Crippen LogP contribution in [0.25, 0.3) is 0 Å². The van der Waals surface area contributed by atoms with Crippen molar-refractivity contribution < 1.29 is 0 Å². The molecule has 0 saturated heterocycles. The molecule has 100 valence electrons. The van der Waals surface area contributed by atoms with E-state index in [0.29, 0.717) is 0 Å². The molecule has 0 spiro atoms. The highest BCUT2D eigenvalue weighted by atomic mass is 15.1. The fourth-order valence-electron chi connectivity index (χ4n) is 1.76. The van der Waals surface area contributed by atoms with Gasteiger partial charge in [0, 0.05) is 0 Å². The van der Waals surface area contributed by atoms with Gasteiger partial charge in [-0.25, -0.2) is 4.99 Å². The third-order valence-electron chi connectivity index (χ3n) is 2.57. The van der Waals surface area contributed by atoms with E-state index in [-0.39, 0.29) is 18.0 Å². The molecule has 0 bridgehead atoms. The lowest BCUT2D eigenvalue weighted by Gasteiger charge is -2.11. The average Bonchev–Trinajstić information content (AvgIpc) is 2.23. The second-order valence-corrected chi connectivity index (χ2v) is 4.32. The molecule has 0 aliphatic carbocycles. The fourth-order valence-corrected chi connectivity index (χ4v) is 1.76. The SMILES string of the molecule is CCCCCCC(CCC)N=C(N)N=C(N)N. The molecule has 0 amide bonds. The van der Waals surface area contributed by atoms with Crippen molar-refractivity contribution in [3.8, 4) is 0 Å². The van der Waals surface area contributed by atoms with Gasteiger partial charge in [0.05, 0.1) is 6.04 Å². The summed E-state index contributed by atoms with van der Waals surface area (Å²) in [7, 11) is 0. The van der Waals surface area contributed by atoms with E-state index in [1.165, 1.54) is 25.7 Å². The van der Waals surface area contributed by atoms with Crippen LogP contribution >= 0.6 is 0 Å². The molecule has 17 heavy (non-hydrogen) atoms. The molecule has 0 fully saturated rings. The fraction of sp³-hybridized carbons (Fsp3) is 0.833. The number of nitrogens with two attached hydrogens (primary N) is 3. The van der Waals surface area contributed by atoms with Crippen molar-refractivity contribution in [2.75, 3.05) is 0 Å². The topological polar surface area (TPSA) is 103 Å². The van der Waals surface area contributed by atoms with Crippen molar-refractivity contribution in [2.45, 2.75) is 64.8 Å². The number of nitrogens with zero attached hydrogens (tertiary/aromatic N) is 2. The van der Waals surface area contributed by atoms with Crippen LogP contribution in [-0.2, 0) is 0 Å². The molecular weight excluding hydrogens is 214 g/mol. The molecule has 0 aromatic heterocycles. The average molecular weight is 241 g/mol. The van der Waals surface area contributed by atoms with E-state index in [9.17, 15) is 0 Å². The number of unbranched alkanes of at least 4 members (excludes halogenated alkanes) is 3. The van der Waals surface area contributed by atoms with E-state index in [1.807, 2.05) is 0 Å². The van der Waals surface area contributed by atoms with E-state index >= 15 is 0 Å². The lowest BCUT2D eigenvalue weighted by molar-refractivity contribution is 0.518. The lowest BCUT2D eigenvalue weighted by Crippen LogP contribution is -2.27. The van der Waals surface area contributed by atoms with Gasteiger partial charge in [0.2, 0.25) is 5.96 Å². The Morgan fingerprint density at radius 1 is 0.941 bits per heavy atom. The summed E-state index contributed by atoms with van der Waals surface area (Å²) in [5.74, 6) is 0.159. The predicted octanol–water partition coefficient (Wildman–Crippen LogP) is 1.71. The van der Waals surface area contributed by atoms with Gasteiger partial charge in [-0.1, -0.05) is 46.0 Å². The van der Waals surface area contributed by atoms with Crippen molar-refractivity contribution in [3.05, 3.63) is 0 Å². The van der Waals surface area contributed by atoms with Crippen molar-refractivity contribution >= 4 is 11.9 Å². The van der Waals surface area contributed by atoms with Crippen LogP contribution in [0.3, 0.4) is 0 Å². The minimum atomic E-state index is -0.0347. The molecule has 5 nitrogen and oxygen atoms in total. The van der Waals surface area contributed by atoms with E-state index < -0.39 is 0 Å². The maximum absolute atomic E-state index is 5.64. The Balaban J connectivity index is 4.17. The van der Waals surface area contributed by atoms with Gasteiger partial charge < -0.3 is 17.2 Å². The molecule has 0 radical (unpaired) electrons. The van der Waals surface area contributed by atoms with Gasteiger partial charge in [-0.2, -0.15) is 4.99 Å². The van der Waals surface area contributed by atoms with Crippen LogP contribution in [-0.4, -0.2) is 18.0 Å². The summed E-state index contributed by atoms with van der Waals surface area (Å²) < 4.78 is 0. The first-order valence-electron chi connectivity index (χ1n) is 6.53. The lowest BCUT2D eigenvalue weighted by atomic mass is 10.0. The van der Waals surface area contributed by atoms with Gasteiger partial charge in [-0.15, -0.1) is 0 Å². The van der Waals surface area contributed by atoms with Crippen LogP contribution in [0.4, 0.5) is 0 Å². The molecule has 0 aromatic rings. The predicted molar refractivity (Wildman–Crippen MR) is 74.9 cm³/mol. The molecule has 0 saturated carbocycles. The standard InChI is InChI=1S/C12H27N5/c1-3-5-6-7-9-10(8-4-2)16-12(15)17-11(13)14/h10H,3-9H2,1-2H3,(H6,13,14,15,16,17). The number of hydrogen-bond acceptors (Lipinski definition) is 1. The Morgan fingerprint density at radius 3 is 2.18 bits per heavy atom. The number of rotatable bonds is 8. The van der Waals surface area contributed by atoms with Crippen LogP contribution in [0.2, 0.25) is 0 Å². The first kappa shape index (κ1) is 15.7. The summed E-state index contributed by atoms with van der Waals surface area (Å²) in [5.41, 5.74) is 16.1. The monoisotopic (exact) mass is 241 g/mol. The first-order chi connectivity index (χ1) is 8.10. The van der Waals surface area contributed by atoms with Crippen LogP contribution < -0.4 is 17.2 Å². The summed E-state index contributed by atoms with van der Waals surface area (Å²) in [6, 6.07) is 0.250. The Morgan fingerprint density at radius 2 is 1.65 bits per heavy atom. The molecule has 0 rings (SSSR count). The zero-order chi connectivity index (χ0) is 13.1. The highest BCUT2D eigenvalue weighted by Gasteiger charge is 2.06. The quantitative estimate of drug-likeness (QED) is 0.342. The van der Waals surface area contributed by atoms with Crippen molar-refractivity contribution in [2.24, 2.45) is 27.2 Å². The number of hydrogen-bond donors (Lipinski definition) is 3. The van der Waals surface area contributed by atoms with E-state index in [0.717, 1.165) is 19.3 Å². The summed E-state index contributed by atoms with van der Waals surface area (Å²) in [6.45, 7) is 4.35. The molecule has 1 unspecified atom stereocenters. The van der Waals surface area contributed by atoms with Gasteiger partial charge in [0.1, 0.15) is 0 Å². The molecule has 0 aliphatic rings. The number of guanidine groups is 2. The Hall–Kier alpha value is -1.26. The van der Waals surface area contributed by atoms with Crippen molar-refractivity contribution in [1.82, 2.24) is 0 Å². The summed E-state index contributed by atoms with van der Waals surface area (Å²) in [4.78, 5) is 8.09. The molecule has 6 N–H and O–H groups in total. The highest BCUT2D eigenvalue weighted by molar-refractivity contribution is 5.92. The Bertz CT molecular complexity index is 243.